The van der Waals surface area contributed by atoms with Gasteiger partial charge in [-0.05, 0) is 6.92 Å². The molecule has 2 aromatic heterocycles. The zero-order chi connectivity index (χ0) is 10.1. The molecular formula is C9H12N4O. The van der Waals surface area contributed by atoms with Crippen molar-refractivity contribution in [3.05, 3.63) is 29.8 Å². The molecular weight excluding hydrogens is 180 g/mol. The third-order valence-corrected chi connectivity index (χ3v) is 2.27. The Labute approximate surface area is 81.6 Å². The summed E-state index contributed by atoms with van der Waals surface area (Å²) in [4.78, 5) is 4.18. The minimum absolute atomic E-state index is 0.0102. The van der Waals surface area contributed by atoms with E-state index in [1.165, 1.54) is 0 Å². The van der Waals surface area contributed by atoms with Crippen molar-refractivity contribution in [2.75, 3.05) is 0 Å². The van der Waals surface area contributed by atoms with Gasteiger partial charge in [-0.25, -0.2) is 9.67 Å². The van der Waals surface area contributed by atoms with E-state index in [-0.39, 0.29) is 6.61 Å². The lowest BCUT2D eigenvalue weighted by Crippen LogP contribution is -2.06. The van der Waals surface area contributed by atoms with Crippen molar-refractivity contribution < 1.29 is 5.11 Å². The molecule has 0 bridgehead atoms. The predicted molar refractivity (Wildman–Crippen MR) is 51.0 cm³/mol. The lowest BCUT2D eigenvalue weighted by atomic mass is 10.3. The van der Waals surface area contributed by atoms with Crippen molar-refractivity contribution in [2.45, 2.75) is 13.5 Å². The fourth-order valence-electron chi connectivity index (χ4n) is 1.36. The first-order valence-electron chi connectivity index (χ1n) is 4.36. The van der Waals surface area contributed by atoms with Gasteiger partial charge in [-0.15, -0.1) is 0 Å². The molecule has 0 radical (unpaired) electrons. The van der Waals surface area contributed by atoms with Crippen LogP contribution in [0.5, 0.6) is 0 Å². The van der Waals surface area contributed by atoms with Crippen LogP contribution in [0.4, 0.5) is 0 Å². The summed E-state index contributed by atoms with van der Waals surface area (Å²) in [6.45, 7) is 1.92. The number of nitrogens with zero attached hydrogens (tertiary/aromatic N) is 4. The zero-order valence-electron chi connectivity index (χ0n) is 8.18. The Morgan fingerprint density at radius 2 is 2.29 bits per heavy atom. The molecule has 0 spiro atoms. The van der Waals surface area contributed by atoms with Crippen LogP contribution < -0.4 is 0 Å². The second-order valence-corrected chi connectivity index (χ2v) is 3.16. The molecule has 2 rings (SSSR count). The first-order chi connectivity index (χ1) is 6.74. The number of aliphatic hydroxyl groups is 1. The summed E-state index contributed by atoms with van der Waals surface area (Å²) in [5, 5.41) is 13.2. The third-order valence-electron chi connectivity index (χ3n) is 2.27. The molecule has 5 nitrogen and oxygen atoms in total. The minimum atomic E-state index is 0.0102. The number of hydrogen-bond acceptors (Lipinski definition) is 3. The highest BCUT2D eigenvalue weighted by molar-refractivity contribution is 5.23. The van der Waals surface area contributed by atoms with Crippen molar-refractivity contribution in [2.24, 2.45) is 7.05 Å². The maximum atomic E-state index is 9.02. The van der Waals surface area contributed by atoms with E-state index in [0.29, 0.717) is 0 Å². The van der Waals surface area contributed by atoms with Crippen LogP contribution in [0.2, 0.25) is 0 Å². The van der Waals surface area contributed by atoms with Gasteiger partial charge < -0.3 is 9.67 Å². The van der Waals surface area contributed by atoms with E-state index in [2.05, 4.69) is 10.1 Å². The van der Waals surface area contributed by atoms with Crippen molar-refractivity contribution in [1.29, 1.82) is 0 Å². The number of hydrogen-bond donors (Lipinski definition) is 1. The molecule has 0 saturated heterocycles. The second-order valence-electron chi connectivity index (χ2n) is 3.16. The highest BCUT2D eigenvalue weighted by Crippen LogP contribution is 2.11. The monoisotopic (exact) mass is 192 g/mol. The van der Waals surface area contributed by atoms with Crippen LogP contribution in [-0.4, -0.2) is 24.4 Å². The smallest absolute Gasteiger partial charge is 0.230 e. The molecule has 0 unspecified atom stereocenters. The Kier molecular flexibility index (Phi) is 2.09. The summed E-state index contributed by atoms with van der Waals surface area (Å²) in [6.07, 6.45) is 5.23. The SMILES string of the molecule is Cc1c(CO)cnn1-c1nccn1C. The Morgan fingerprint density at radius 1 is 1.50 bits per heavy atom. The van der Waals surface area contributed by atoms with E-state index in [1.54, 1.807) is 17.1 Å². The van der Waals surface area contributed by atoms with E-state index in [0.717, 1.165) is 17.2 Å². The van der Waals surface area contributed by atoms with E-state index in [4.69, 9.17) is 5.11 Å². The maximum absolute atomic E-state index is 9.02. The second kappa shape index (κ2) is 3.26. The van der Waals surface area contributed by atoms with Gasteiger partial charge >= 0.3 is 0 Å². The van der Waals surface area contributed by atoms with Crippen molar-refractivity contribution in [3.8, 4) is 5.95 Å². The van der Waals surface area contributed by atoms with E-state index < -0.39 is 0 Å². The van der Waals surface area contributed by atoms with Gasteiger partial charge in [0.25, 0.3) is 0 Å². The summed E-state index contributed by atoms with van der Waals surface area (Å²) >= 11 is 0. The topological polar surface area (TPSA) is 55.9 Å². The first-order valence-corrected chi connectivity index (χ1v) is 4.36. The number of imidazole rings is 1. The number of aryl methyl sites for hydroxylation is 1. The minimum Gasteiger partial charge on any atom is -0.392 e. The van der Waals surface area contributed by atoms with Crippen molar-refractivity contribution in [1.82, 2.24) is 19.3 Å². The molecule has 0 fully saturated rings. The molecule has 0 aromatic carbocycles. The van der Waals surface area contributed by atoms with Crippen LogP contribution in [0.25, 0.3) is 5.95 Å². The van der Waals surface area contributed by atoms with Crippen LogP contribution in [0, 0.1) is 6.92 Å². The number of aromatic nitrogens is 4. The molecule has 2 heterocycles. The summed E-state index contributed by atoms with van der Waals surface area (Å²) in [5.74, 6) is 0.752. The van der Waals surface area contributed by atoms with Crippen LogP contribution in [0.1, 0.15) is 11.3 Å². The van der Waals surface area contributed by atoms with E-state index in [1.807, 2.05) is 24.7 Å². The average Bonchev–Trinajstić information content (AvgIpc) is 2.72. The number of aliphatic hydroxyl groups excluding tert-OH is 1. The third kappa shape index (κ3) is 1.22. The maximum Gasteiger partial charge on any atom is 0.230 e. The van der Waals surface area contributed by atoms with Crippen LogP contribution in [0.3, 0.4) is 0 Å². The summed E-state index contributed by atoms with van der Waals surface area (Å²) in [7, 11) is 1.90. The molecule has 0 amide bonds. The largest absolute Gasteiger partial charge is 0.392 e. The van der Waals surface area contributed by atoms with Crippen LogP contribution >= 0.6 is 0 Å². The quantitative estimate of drug-likeness (QED) is 0.749. The average molecular weight is 192 g/mol. The fraction of sp³-hybridized carbons (Fsp3) is 0.333. The van der Waals surface area contributed by atoms with Gasteiger partial charge in [-0.2, -0.15) is 5.10 Å². The van der Waals surface area contributed by atoms with Crippen LogP contribution in [-0.2, 0) is 13.7 Å². The molecule has 0 aliphatic rings. The number of rotatable bonds is 2. The predicted octanol–water partition coefficient (Wildman–Crippen LogP) is 0.407. The van der Waals surface area contributed by atoms with Gasteiger partial charge in [0.15, 0.2) is 0 Å². The Balaban J connectivity index is 2.52. The molecule has 74 valence electrons. The van der Waals surface area contributed by atoms with Crippen molar-refractivity contribution >= 4 is 0 Å². The molecule has 2 aromatic rings. The summed E-state index contributed by atoms with van der Waals surface area (Å²) in [5.41, 5.74) is 1.75. The molecule has 1 N–H and O–H groups in total. The molecule has 14 heavy (non-hydrogen) atoms. The van der Waals surface area contributed by atoms with Gasteiger partial charge in [0.2, 0.25) is 5.95 Å². The van der Waals surface area contributed by atoms with Gasteiger partial charge in [-0.3, -0.25) is 0 Å². The highest BCUT2D eigenvalue weighted by atomic mass is 16.3. The highest BCUT2D eigenvalue weighted by Gasteiger charge is 2.09. The molecule has 0 aliphatic carbocycles. The van der Waals surface area contributed by atoms with Gasteiger partial charge in [0, 0.05) is 30.7 Å². The van der Waals surface area contributed by atoms with E-state index in [9.17, 15) is 0 Å². The lowest BCUT2D eigenvalue weighted by Gasteiger charge is -2.03. The molecule has 5 heteroatoms. The first kappa shape index (κ1) is 8.96. The molecule has 0 saturated carbocycles. The van der Waals surface area contributed by atoms with Gasteiger partial charge in [-0.1, -0.05) is 0 Å². The Bertz CT molecular complexity index is 443. The van der Waals surface area contributed by atoms with Gasteiger partial charge in [0.05, 0.1) is 12.8 Å². The Hall–Kier alpha value is -1.62. The van der Waals surface area contributed by atoms with Gasteiger partial charge in [0.1, 0.15) is 0 Å². The van der Waals surface area contributed by atoms with Crippen LogP contribution in [0.15, 0.2) is 18.6 Å². The molecule has 0 aliphatic heterocycles. The van der Waals surface area contributed by atoms with Crippen molar-refractivity contribution in [3.63, 3.8) is 0 Å². The summed E-state index contributed by atoms with van der Waals surface area (Å²) < 4.78 is 3.59. The zero-order valence-corrected chi connectivity index (χ0v) is 8.18. The lowest BCUT2D eigenvalue weighted by molar-refractivity contribution is 0.281. The summed E-state index contributed by atoms with van der Waals surface area (Å²) in [6, 6.07) is 0. The Morgan fingerprint density at radius 3 is 2.79 bits per heavy atom. The van der Waals surface area contributed by atoms with E-state index >= 15 is 0 Å². The molecule has 0 atom stereocenters. The normalized spacial score (nSPS) is 10.8. The standard InChI is InChI=1S/C9H12N4O/c1-7-8(6-14)5-11-13(7)9-10-3-4-12(9)2/h3-5,14H,6H2,1-2H3. The fourth-order valence-corrected chi connectivity index (χ4v) is 1.36.